The number of aldehydes is 1. The van der Waals surface area contributed by atoms with Crippen molar-refractivity contribution in [1.29, 1.82) is 0 Å². The average Bonchev–Trinajstić information content (AvgIpc) is 1.59. The normalized spacial score (nSPS) is 24.4. The molecular weight excluding hydrogens is 1240 g/mol. The quantitative estimate of drug-likeness (QED) is 0.0408. The van der Waals surface area contributed by atoms with Crippen LogP contribution in [-0.4, -0.2) is 224 Å². The Kier molecular flexibility index (Phi) is 24.7. The SMILES string of the molecule is CC[C@H](C)[C@@H]1NC(=O)CNC(=O)C2Cc3c([nH]c4ccccc34)SC[C@H](C(=O)N[C@@H](CC(=O)NCc3ccc(NC(=O)[C@H](C)NC(=O)[C@@H](NC(=O)CCN4C(=O)C=CC4=O)C(C)C)cc3)C(=O)N3C[C@H](O)C[C@]3(C=O)N[C@@H]([C@@H](C)[C@@H](O)CO)C(=O)N2)N(C)C(=O)CNC1=O. The lowest BCUT2D eigenvalue weighted by Gasteiger charge is -2.41. The number of amides is 13. The maximum absolute atomic E-state index is 15.4. The van der Waals surface area contributed by atoms with Crippen LogP contribution in [0.5, 0.6) is 0 Å². The Balaban J connectivity index is 1.17. The number of anilines is 1. The maximum atomic E-state index is 15.4. The minimum absolute atomic E-state index is 0.200. The lowest BCUT2D eigenvalue weighted by Crippen LogP contribution is -2.69. The molecule has 0 saturated carbocycles. The first kappa shape index (κ1) is 72.3. The van der Waals surface area contributed by atoms with Crippen molar-refractivity contribution in [2.75, 3.05) is 50.9 Å². The van der Waals surface area contributed by atoms with Crippen LogP contribution in [0.15, 0.2) is 65.7 Å². The summed E-state index contributed by atoms with van der Waals surface area (Å²) in [5, 5.41) is 60.0. The highest BCUT2D eigenvalue weighted by molar-refractivity contribution is 7.99. The van der Waals surface area contributed by atoms with E-state index in [4.69, 9.17) is 0 Å². The van der Waals surface area contributed by atoms with Gasteiger partial charge >= 0.3 is 0 Å². The highest BCUT2D eigenvalue weighted by Crippen LogP contribution is 2.34. The lowest BCUT2D eigenvalue weighted by molar-refractivity contribution is -0.148. The van der Waals surface area contributed by atoms with Crippen LogP contribution >= 0.6 is 11.8 Å². The monoisotopic (exact) mass is 1330 g/mol. The number of benzene rings is 2. The zero-order chi connectivity index (χ0) is 68.9. The third-order valence-corrected chi connectivity index (χ3v) is 18.2. The Morgan fingerprint density at radius 2 is 1.49 bits per heavy atom. The van der Waals surface area contributed by atoms with E-state index in [2.05, 4.69) is 58.2 Å². The Morgan fingerprint density at radius 1 is 0.809 bits per heavy atom. The number of carbonyl (C=O) groups excluding carboxylic acids is 14. The number of fused-ring (bicyclic) bond motifs is 5. The molecule has 4 aliphatic heterocycles. The number of aliphatic hydroxyl groups is 3. The van der Waals surface area contributed by atoms with E-state index in [1.807, 2.05) is 0 Å². The maximum Gasteiger partial charge on any atom is 0.253 e. The Morgan fingerprint density at radius 3 is 2.15 bits per heavy atom. The molecule has 1 aromatic heterocycles. The first-order valence-electron chi connectivity index (χ1n) is 30.8. The van der Waals surface area contributed by atoms with Crippen molar-refractivity contribution in [2.24, 2.45) is 17.8 Å². The predicted molar refractivity (Wildman–Crippen MR) is 337 cm³/mol. The van der Waals surface area contributed by atoms with Gasteiger partial charge in [0, 0.05) is 86.4 Å². The van der Waals surface area contributed by atoms with Crippen LogP contribution in [0, 0.1) is 17.8 Å². The van der Waals surface area contributed by atoms with Gasteiger partial charge in [0.05, 0.1) is 49.4 Å². The molecule has 1 fully saturated rings. The van der Waals surface area contributed by atoms with Gasteiger partial charge in [0.25, 0.3) is 11.8 Å². The van der Waals surface area contributed by atoms with E-state index in [1.165, 1.54) is 33.0 Å². The number of nitrogens with one attached hydrogen (secondary N) is 11. The largest absolute Gasteiger partial charge is 0.394 e. The molecule has 1 saturated heterocycles. The number of nitrogens with zero attached hydrogens (tertiary/aromatic N) is 3. The third-order valence-electron chi connectivity index (χ3n) is 17.1. The molecule has 3 aromatic rings. The summed E-state index contributed by atoms with van der Waals surface area (Å²) in [5.41, 5.74) is -0.685. The third kappa shape index (κ3) is 17.8. The van der Waals surface area contributed by atoms with Crippen LogP contribution in [0.4, 0.5) is 5.69 Å². The van der Waals surface area contributed by atoms with Crippen LogP contribution in [0.25, 0.3) is 10.9 Å². The number of thioether (sulfide) groups is 1. The fourth-order valence-electron chi connectivity index (χ4n) is 11.1. The molecule has 2 aromatic carbocycles. The highest BCUT2D eigenvalue weighted by Gasteiger charge is 2.53. The van der Waals surface area contributed by atoms with Crippen molar-refractivity contribution in [2.45, 2.75) is 145 Å². The molecule has 0 radical (unpaired) electrons. The summed E-state index contributed by atoms with van der Waals surface area (Å²) in [7, 11) is 1.27. The topological polar surface area (TPSA) is 445 Å². The van der Waals surface area contributed by atoms with Crippen LogP contribution < -0.4 is 53.2 Å². The van der Waals surface area contributed by atoms with Gasteiger partial charge in [0.15, 0.2) is 11.9 Å². The number of aromatic amines is 1. The summed E-state index contributed by atoms with van der Waals surface area (Å²) in [4.78, 5) is 199. The first-order valence-corrected chi connectivity index (χ1v) is 31.8. The second-order valence-electron chi connectivity index (χ2n) is 24.2. The van der Waals surface area contributed by atoms with Crippen molar-refractivity contribution in [3.8, 4) is 0 Å². The standard InChI is InChI=1S/C62H82N14O17S/c1-8-32(4)52-57(90)65-26-50(86)74(7)43-29-94-60-39(38-11-9-10-12-40(38)70-60)21-41(55(88)64-25-47(83)72-52)68-59(92)53(33(5)44(80)28-77)73-62(30-78)23-37(79)27-76(62)61(93)42(69-56(43)89)22-46(82)63-24-35-13-15-36(16-14-35)67-54(87)34(6)66-58(91)51(31(2)3)71-45(81)19-20-75-48(84)17-18-49(75)85/h9-18,30-34,37,41-44,51-53,70,73,77,79-80H,8,19-29H2,1-7H3,(H,63,82)(H,64,88)(H,65,90)(H,66,91)(H,67,87)(H,68,92)(H,69,89)(H,71,81)(H,72,83)/t32-,33-,34-,37+,41?,42-,43+,44-,51-,52-,53-,62-/m0/s1. The molecule has 5 heterocycles. The molecule has 4 aliphatic rings. The van der Waals surface area contributed by atoms with E-state index in [9.17, 15) is 68.1 Å². The van der Waals surface area contributed by atoms with E-state index in [0.29, 0.717) is 33.5 Å². The molecular formula is C62H82N14O17S. The van der Waals surface area contributed by atoms with Gasteiger partial charge in [0.2, 0.25) is 65.0 Å². The molecule has 12 atom stereocenters. The average molecular weight is 1330 g/mol. The van der Waals surface area contributed by atoms with Crippen molar-refractivity contribution in [3.05, 3.63) is 71.8 Å². The first-order chi connectivity index (χ1) is 44.6. The summed E-state index contributed by atoms with van der Waals surface area (Å²) < 4.78 is 0. The van der Waals surface area contributed by atoms with Crippen LogP contribution in [0.1, 0.15) is 78.4 Å². The van der Waals surface area contributed by atoms with Crippen molar-refractivity contribution >= 4 is 111 Å². The van der Waals surface area contributed by atoms with Gasteiger partial charge in [-0.25, -0.2) is 0 Å². The highest BCUT2D eigenvalue weighted by atomic mass is 32.2. The molecule has 14 N–H and O–H groups in total. The van der Waals surface area contributed by atoms with E-state index in [0.717, 1.165) is 38.6 Å². The van der Waals surface area contributed by atoms with Crippen LogP contribution in [0.2, 0.25) is 0 Å². The van der Waals surface area contributed by atoms with Gasteiger partial charge in [-0.05, 0) is 48.1 Å². The minimum Gasteiger partial charge on any atom is -0.394 e. The molecule has 1 unspecified atom stereocenters. The Hall–Kier alpha value is -9.11. The summed E-state index contributed by atoms with van der Waals surface area (Å²) in [6.45, 7) is 6.19. The molecule has 7 rings (SSSR count). The van der Waals surface area contributed by atoms with Crippen LogP contribution in [0.3, 0.4) is 0 Å². The minimum atomic E-state index is -2.37. The molecule has 2 bridgehead atoms. The Labute approximate surface area is 545 Å². The summed E-state index contributed by atoms with van der Waals surface area (Å²) in [5.74, 6) is -13.0. The number of H-pyrrole nitrogens is 1. The number of hydrogen-bond donors (Lipinski definition) is 14. The fourth-order valence-corrected chi connectivity index (χ4v) is 12.4. The number of aromatic nitrogens is 1. The molecule has 94 heavy (non-hydrogen) atoms. The molecule has 0 aliphatic carbocycles. The zero-order valence-corrected chi connectivity index (χ0v) is 53.9. The number of para-hydroxylation sites is 1. The molecule has 32 heteroatoms. The molecule has 31 nitrogen and oxygen atoms in total. The zero-order valence-electron chi connectivity index (χ0n) is 53.1. The van der Waals surface area contributed by atoms with E-state index in [1.54, 1.807) is 64.1 Å². The number of likely N-dealkylation sites (N-methyl/N-ethyl adjacent to an activating group) is 1. The fraction of sp³-hybridized carbons (Fsp3) is 0.516. The summed E-state index contributed by atoms with van der Waals surface area (Å²) >= 11 is 1.01. The van der Waals surface area contributed by atoms with Crippen molar-refractivity contribution < 1.29 is 82.4 Å². The lowest BCUT2D eigenvalue weighted by atomic mass is 9.92. The van der Waals surface area contributed by atoms with E-state index < -0.39 is 194 Å². The van der Waals surface area contributed by atoms with Crippen molar-refractivity contribution in [3.63, 3.8) is 0 Å². The Bertz CT molecular complexity index is 3420. The van der Waals surface area contributed by atoms with Gasteiger partial charge < -0.3 is 78.0 Å². The van der Waals surface area contributed by atoms with Gasteiger partial charge in [-0.2, -0.15) is 0 Å². The van der Waals surface area contributed by atoms with Gasteiger partial charge in [0.1, 0.15) is 36.3 Å². The predicted octanol–water partition coefficient (Wildman–Crippen LogP) is -3.57. The molecule has 508 valence electrons. The van der Waals surface area contributed by atoms with Crippen LogP contribution in [-0.2, 0) is 80.1 Å². The number of rotatable bonds is 19. The van der Waals surface area contributed by atoms with E-state index in [-0.39, 0.29) is 43.7 Å². The van der Waals surface area contributed by atoms with Crippen molar-refractivity contribution in [1.82, 2.24) is 67.5 Å². The van der Waals surface area contributed by atoms with Gasteiger partial charge in [-0.1, -0.05) is 71.4 Å². The number of aliphatic hydroxyl groups excluding tert-OH is 3. The second-order valence-corrected chi connectivity index (χ2v) is 25.2. The summed E-state index contributed by atoms with van der Waals surface area (Å²) in [6, 6.07) is 2.71. The number of hydrogen-bond acceptors (Lipinski definition) is 19. The number of carbonyl (C=O) groups is 14. The summed E-state index contributed by atoms with van der Waals surface area (Å²) in [6.07, 6.45) is -2.46. The van der Waals surface area contributed by atoms with E-state index >= 15 is 14.4 Å². The second kappa shape index (κ2) is 32.2. The smallest absolute Gasteiger partial charge is 0.253 e. The number of imide groups is 1. The van der Waals surface area contributed by atoms with Gasteiger partial charge in [-0.15, -0.1) is 11.8 Å². The molecule has 0 spiro atoms. The molecule has 13 amide bonds. The van der Waals surface area contributed by atoms with Gasteiger partial charge in [-0.3, -0.25) is 77.3 Å².